The largest absolute Gasteiger partial charge is 0.497 e. The van der Waals surface area contributed by atoms with E-state index in [1.54, 1.807) is 42.4 Å². The van der Waals surface area contributed by atoms with Gasteiger partial charge in [0, 0.05) is 19.3 Å². The van der Waals surface area contributed by atoms with E-state index in [0.29, 0.717) is 12.3 Å². The second-order valence-corrected chi connectivity index (χ2v) is 5.22. The van der Waals surface area contributed by atoms with E-state index >= 15 is 0 Å². The van der Waals surface area contributed by atoms with Gasteiger partial charge in [0.05, 0.1) is 26.1 Å². The SMILES string of the molecule is COc1ccc(C(CC(=O)OCCn2cccn2)NC(C)=O)cc1. The van der Waals surface area contributed by atoms with E-state index in [-0.39, 0.29) is 24.9 Å². The summed E-state index contributed by atoms with van der Waals surface area (Å²) in [6.07, 6.45) is 3.52. The van der Waals surface area contributed by atoms with E-state index in [1.807, 2.05) is 12.1 Å². The molecule has 0 radical (unpaired) electrons. The highest BCUT2D eigenvalue weighted by Gasteiger charge is 2.18. The molecular weight excluding hydrogens is 310 g/mol. The number of rotatable bonds is 8. The van der Waals surface area contributed by atoms with Crippen LogP contribution in [0, 0.1) is 0 Å². The maximum absolute atomic E-state index is 12.0. The summed E-state index contributed by atoms with van der Waals surface area (Å²) in [5.74, 6) is 0.124. The molecule has 1 unspecified atom stereocenters. The van der Waals surface area contributed by atoms with Gasteiger partial charge in [-0.2, -0.15) is 5.10 Å². The van der Waals surface area contributed by atoms with E-state index < -0.39 is 6.04 Å². The minimum absolute atomic E-state index is 0.0605. The monoisotopic (exact) mass is 331 g/mol. The second kappa shape index (κ2) is 8.71. The Bertz CT molecular complexity index is 653. The van der Waals surface area contributed by atoms with Crippen LogP contribution in [0.5, 0.6) is 5.75 Å². The Hall–Kier alpha value is -2.83. The van der Waals surface area contributed by atoms with Gasteiger partial charge in [-0.25, -0.2) is 0 Å². The van der Waals surface area contributed by atoms with Crippen molar-refractivity contribution in [2.24, 2.45) is 0 Å². The summed E-state index contributed by atoms with van der Waals surface area (Å²) in [5, 5.41) is 6.80. The first-order valence-electron chi connectivity index (χ1n) is 7.62. The van der Waals surface area contributed by atoms with Crippen LogP contribution >= 0.6 is 0 Å². The molecule has 0 saturated carbocycles. The Morgan fingerprint density at radius 1 is 1.29 bits per heavy atom. The smallest absolute Gasteiger partial charge is 0.308 e. The summed E-state index contributed by atoms with van der Waals surface area (Å²) in [6.45, 7) is 2.14. The molecule has 7 nitrogen and oxygen atoms in total. The van der Waals surface area contributed by atoms with E-state index in [1.165, 1.54) is 6.92 Å². The van der Waals surface area contributed by atoms with Gasteiger partial charge in [0.2, 0.25) is 5.91 Å². The van der Waals surface area contributed by atoms with Crippen LogP contribution in [0.25, 0.3) is 0 Å². The third-order valence-corrected chi connectivity index (χ3v) is 3.41. The van der Waals surface area contributed by atoms with Crippen molar-refractivity contribution in [3.63, 3.8) is 0 Å². The molecule has 1 heterocycles. The van der Waals surface area contributed by atoms with Crippen molar-refractivity contribution in [3.8, 4) is 5.75 Å². The molecule has 0 aliphatic rings. The van der Waals surface area contributed by atoms with Crippen molar-refractivity contribution >= 4 is 11.9 Å². The van der Waals surface area contributed by atoms with Crippen LogP contribution in [0.15, 0.2) is 42.7 Å². The van der Waals surface area contributed by atoms with Crippen LogP contribution in [-0.4, -0.2) is 35.4 Å². The summed E-state index contributed by atoms with van der Waals surface area (Å²) >= 11 is 0. The number of aromatic nitrogens is 2. The van der Waals surface area contributed by atoms with Crippen LogP contribution < -0.4 is 10.1 Å². The maximum atomic E-state index is 12.0. The summed E-state index contributed by atoms with van der Waals surface area (Å²) < 4.78 is 12.0. The van der Waals surface area contributed by atoms with Crippen LogP contribution in [-0.2, 0) is 20.9 Å². The molecule has 1 aromatic heterocycles. The number of carbonyl (C=O) groups is 2. The Balaban J connectivity index is 1.91. The highest BCUT2D eigenvalue weighted by atomic mass is 16.5. The molecule has 0 aliphatic heterocycles. The molecule has 1 atom stereocenters. The molecular formula is C17H21N3O4. The zero-order chi connectivity index (χ0) is 17.4. The highest BCUT2D eigenvalue weighted by molar-refractivity contribution is 5.76. The minimum Gasteiger partial charge on any atom is -0.497 e. The van der Waals surface area contributed by atoms with Gasteiger partial charge in [-0.3, -0.25) is 14.3 Å². The van der Waals surface area contributed by atoms with Gasteiger partial charge in [0.15, 0.2) is 0 Å². The first-order chi connectivity index (χ1) is 11.6. The molecule has 0 aliphatic carbocycles. The quantitative estimate of drug-likeness (QED) is 0.745. The molecule has 2 rings (SSSR count). The van der Waals surface area contributed by atoms with Crippen LogP contribution in [0.3, 0.4) is 0 Å². The lowest BCUT2D eigenvalue weighted by atomic mass is 10.0. The number of carbonyl (C=O) groups excluding carboxylic acids is 2. The number of ether oxygens (including phenoxy) is 2. The van der Waals surface area contributed by atoms with Crippen molar-refractivity contribution in [1.29, 1.82) is 0 Å². The standard InChI is InChI=1S/C17H21N3O4/c1-13(21)19-16(14-4-6-15(23-2)7-5-14)12-17(22)24-11-10-20-9-3-8-18-20/h3-9,16H,10-12H2,1-2H3,(H,19,21). The van der Waals surface area contributed by atoms with Crippen molar-refractivity contribution in [3.05, 3.63) is 48.3 Å². The minimum atomic E-state index is -0.439. The van der Waals surface area contributed by atoms with Crippen LogP contribution in [0.1, 0.15) is 24.9 Å². The zero-order valence-corrected chi connectivity index (χ0v) is 13.8. The van der Waals surface area contributed by atoms with Gasteiger partial charge in [-0.15, -0.1) is 0 Å². The van der Waals surface area contributed by atoms with Gasteiger partial charge in [0.25, 0.3) is 0 Å². The highest BCUT2D eigenvalue weighted by Crippen LogP contribution is 2.20. The summed E-state index contributed by atoms with van der Waals surface area (Å²) in [7, 11) is 1.58. The molecule has 0 bridgehead atoms. The lowest BCUT2D eigenvalue weighted by Crippen LogP contribution is -2.28. The number of esters is 1. The normalized spacial score (nSPS) is 11.6. The molecule has 128 valence electrons. The fourth-order valence-corrected chi connectivity index (χ4v) is 2.25. The molecule has 1 N–H and O–H groups in total. The Kier molecular flexibility index (Phi) is 6.36. The number of nitrogens with zero attached hydrogens (tertiary/aromatic N) is 2. The van der Waals surface area contributed by atoms with E-state index in [2.05, 4.69) is 10.4 Å². The molecule has 0 spiro atoms. The van der Waals surface area contributed by atoms with Gasteiger partial charge >= 0.3 is 5.97 Å². The lowest BCUT2D eigenvalue weighted by Gasteiger charge is -2.18. The third kappa shape index (κ3) is 5.42. The summed E-state index contributed by atoms with van der Waals surface area (Å²) in [4.78, 5) is 23.4. The van der Waals surface area contributed by atoms with Gasteiger partial charge in [-0.1, -0.05) is 12.1 Å². The topological polar surface area (TPSA) is 82.4 Å². The van der Waals surface area contributed by atoms with E-state index in [9.17, 15) is 9.59 Å². The van der Waals surface area contributed by atoms with Crippen molar-refractivity contribution in [1.82, 2.24) is 15.1 Å². The Labute approximate surface area is 140 Å². The summed E-state index contributed by atoms with van der Waals surface area (Å²) in [5.41, 5.74) is 0.815. The molecule has 0 fully saturated rings. The Morgan fingerprint density at radius 2 is 2.04 bits per heavy atom. The average Bonchev–Trinajstić information content (AvgIpc) is 3.07. The second-order valence-electron chi connectivity index (χ2n) is 5.22. The van der Waals surface area contributed by atoms with Gasteiger partial charge in [0.1, 0.15) is 12.4 Å². The van der Waals surface area contributed by atoms with Crippen molar-refractivity contribution < 1.29 is 19.1 Å². The molecule has 1 aromatic carbocycles. The number of hydrogen-bond donors (Lipinski definition) is 1. The van der Waals surface area contributed by atoms with Crippen molar-refractivity contribution in [2.75, 3.05) is 13.7 Å². The number of amides is 1. The molecule has 24 heavy (non-hydrogen) atoms. The average molecular weight is 331 g/mol. The van der Waals surface area contributed by atoms with Crippen molar-refractivity contribution in [2.45, 2.75) is 25.9 Å². The number of hydrogen-bond acceptors (Lipinski definition) is 5. The number of nitrogens with one attached hydrogen (secondary N) is 1. The predicted molar refractivity (Wildman–Crippen MR) is 87.4 cm³/mol. The first kappa shape index (κ1) is 17.5. The maximum Gasteiger partial charge on any atom is 0.308 e. The molecule has 2 aromatic rings. The lowest BCUT2D eigenvalue weighted by molar-refractivity contribution is -0.144. The third-order valence-electron chi connectivity index (χ3n) is 3.41. The first-order valence-corrected chi connectivity index (χ1v) is 7.62. The Morgan fingerprint density at radius 3 is 2.62 bits per heavy atom. The molecule has 7 heteroatoms. The number of benzene rings is 1. The van der Waals surface area contributed by atoms with Crippen LogP contribution in [0.2, 0.25) is 0 Å². The van der Waals surface area contributed by atoms with Gasteiger partial charge < -0.3 is 14.8 Å². The van der Waals surface area contributed by atoms with E-state index in [0.717, 1.165) is 5.56 Å². The fourth-order valence-electron chi connectivity index (χ4n) is 2.25. The summed E-state index contributed by atoms with van der Waals surface area (Å²) in [6, 6.07) is 8.57. The number of methoxy groups -OCH3 is 1. The zero-order valence-electron chi connectivity index (χ0n) is 13.8. The van der Waals surface area contributed by atoms with Crippen LogP contribution in [0.4, 0.5) is 0 Å². The molecule has 0 saturated heterocycles. The predicted octanol–water partition coefficient (Wildman–Crippen LogP) is 1.70. The fraction of sp³-hybridized carbons (Fsp3) is 0.353. The van der Waals surface area contributed by atoms with E-state index in [4.69, 9.17) is 9.47 Å². The molecule has 1 amide bonds. The van der Waals surface area contributed by atoms with Gasteiger partial charge in [-0.05, 0) is 23.8 Å².